The third-order valence-corrected chi connectivity index (χ3v) is 3.50. The van der Waals surface area contributed by atoms with Crippen LogP contribution in [0.2, 0.25) is 0 Å². The van der Waals surface area contributed by atoms with Gasteiger partial charge in [0.15, 0.2) is 5.43 Å². The number of hydrogen-bond donors (Lipinski definition) is 1. The van der Waals surface area contributed by atoms with Crippen LogP contribution >= 0.6 is 0 Å². The van der Waals surface area contributed by atoms with Gasteiger partial charge in [-0.05, 0) is 43.5 Å². The first-order valence-electron chi connectivity index (χ1n) is 6.28. The zero-order valence-corrected chi connectivity index (χ0v) is 10.9. The van der Waals surface area contributed by atoms with Gasteiger partial charge >= 0.3 is 0 Å². The molecule has 0 unspecified atom stereocenters. The molecule has 4 heteroatoms. The number of rotatable bonds is 1. The molecule has 0 radical (unpaired) electrons. The molecule has 0 atom stereocenters. The van der Waals surface area contributed by atoms with E-state index < -0.39 is 0 Å². The standard InChI is InChI=1S/C15H14N2O2/c1-3-17-14-9(2)16-7-6-12(14)11-5-4-10(18)8-13(11)15(17)19/h4-8,16H,3H2,1-2H3. The highest BCUT2D eigenvalue weighted by molar-refractivity contribution is 6.05. The minimum Gasteiger partial charge on any atom is -0.364 e. The van der Waals surface area contributed by atoms with E-state index in [-0.39, 0.29) is 11.0 Å². The van der Waals surface area contributed by atoms with Crippen LogP contribution < -0.4 is 11.0 Å². The van der Waals surface area contributed by atoms with E-state index in [1.807, 2.05) is 26.1 Å². The highest BCUT2D eigenvalue weighted by Gasteiger charge is 2.11. The molecule has 0 saturated carbocycles. The van der Waals surface area contributed by atoms with E-state index >= 15 is 0 Å². The van der Waals surface area contributed by atoms with Crippen LogP contribution in [0.4, 0.5) is 0 Å². The van der Waals surface area contributed by atoms with E-state index in [0.717, 1.165) is 22.0 Å². The van der Waals surface area contributed by atoms with Gasteiger partial charge in [0.05, 0.1) is 10.9 Å². The Bertz CT molecular complexity index is 904. The van der Waals surface area contributed by atoms with Gasteiger partial charge in [0.1, 0.15) is 0 Å². The van der Waals surface area contributed by atoms with Gasteiger partial charge in [-0.3, -0.25) is 9.59 Å². The number of fused-ring (bicyclic) bond motifs is 3. The second kappa shape index (κ2) is 4.09. The lowest BCUT2D eigenvalue weighted by Gasteiger charge is -2.13. The third kappa shape index (κ3) is 1.60. The van der Waals surface area contributed by atoms with Crippen molar-refractivity contribution in [2.24, 2.45) is 0 Å². The Kier molecular flexibility index (Phi) is 2.52. The summed E-state index contributed by atoms with van der Waals surface area (Å²) in [5, 5.41) is 2.32. The van der Waals surface area contributed by atoms with Crippen LogP contribution in [0.1, 0.15) is 12.6 Å². The van der Waals surface area contributed by atoms with Crippen molar-refractivity contribution in [1.82, 2.24) is 9.55 Å². The van der Waals surface area contributed by atoms with Crippen molar-refractivity contribution in [3.05, 3.63) is 56.7 Å². The van der Waals surface area contributed by atoms with Gasteiger partial charge in [-0.2, -0.15) is 0 Å². The van der Waals surface area contributed by atoms with Gasteiger partial charge in [0.2, 0.25) is 0 Å². The van der Waals surface area contributed by atoms with Crippen LogP contribution in [0.5, 0.6) is 0 Å². The number of H-pyrrole nitrogens is 1. The number of pyridine rings is 2. The Morgan fingerprint density at radius 2 is 1.89 bits per heavy atom. The summed E-state index contributed by atoms with van der Waals surface area (Å²) >= 11 is 0. The van der Waals surface area contributed by atoms with Crippen molar-refractivity contribution >= 4 is 21.7 Å². The number of hydrogen-bond acceptors (Lipinski definition) is 2. The number of nitrogens with one attached hydrogen (secondary N) is 1. The lowest BCUT2D eigenvalue weighted by molar-refractivity contribution is 0.762. The van der Waals surface area contributed by atoms with E-state index in [2.05, 4.69) is 4.98 Å². The van der Waals surface area contributed by atoms with Crippen LogP contribution in [-0.4, -0.2) is 9.55 Å². The van der Waals surface area contributed by atoms with Crippen LogP contribution in [0, 0.1) is 6.92 Å². The van der Waals surface area contributed by atoms with Crippen LogP contribution in [0.15, 0.2) is 40.1 Å². The van der Waals surface area contributed by atoms with Gasteiger partial charge in [-0.1, -0.05) is 0 Å². The summed E-state index contributed by atoms with van der Waals surface area (Å²) in [6, 6.07) is 6.61. The maximum absolute atomic E-state index is 12.5. The molecule has 3 aromatic rings. The Balaban J connectivity index is 2.73. The first kappa shape index (κ1) is 11.7. The van der Waals surface area contributed by atoms with Crippen LogP contribution in [0.3, 0.4) is 0 Å². The van der Waals surface area contributed by atoms with Crippen molar-refractivity contribution in [3.8, 4) is 0 Å². The molecule has 96 valence electrons. The molecule has 19 heavy (non-hydrogen) atoms. The molecular weight excluding hydrogens is 240 g/mol. The Labute approximate surface area is 109 Å². The molecule has 0 amide bonds. The summed E-state index contributed by atoms with van der Waals surface area (Å²) in [5.74, 6) is 0. The van der Waals surface area contributed by atoms with Gasteiger partial charge in [0.25, 0.3) is 5.56 Å². The highest BCUT2D eigenvalue weighted by Crippen LogP contribution is 2.22. The summed E-state index contributed by atoms with van der Waals surface area (Å²) < 4.78 is 1.71. The molecule has 0 aliphatic rings. The molecule has 0 aliphatic heterocycles. The van der Waals surface area contributed by atoms with Crippen LogP contribution in [0.25, 0.3) is 21.7 Å². The average molecular weight is 254 g/mol. The molecule has 0 saturated heterocycles. The largest absolute Gasteiger partial charge is 0.364 e. The normalized spacial score (nSPS) is 11.3. The number of aryl methyl sites for hydroxylation is 2. The van der Waals surface area contributed by atoms with Gasteiger partial charge in [-0.15, -0.1) is 0 Å². The summed E-state index contributed by atoms with van der Waals surface area (Å²) in [6.07, 6.45) is 1.85. The Hall–Kier alpha value is -2.36. The minimum atomic E-state index is -0.134. The smallest absolute Gasteiger partial charge is 0.259 e. The topological polar surface area (TPSA) is 54.9 Å². The molecule has 2 aromatic heterocycles. The van der Waals surface area contributed by atoms with Gasteiger partial charge in [0, 0.05) is 23.8 Å². The highest BCUT2D eigenvalue weighted by atomic mass is 16.1. The second-order valence-electron chi connectivity index (χ2n) is 4.62. The summed E-state index contributed by atoms with van der Waals surface area (Å²) in [5.41, 5.74) is 1.61. The molecule has 4 nitrogen and oxygen atoms in total. The van der Waals surface area contributed by atoms with Crippen molar-refractivity contribution < 1.29 is 0 Å². The molecule has 3 rings (SSSR count). The fourth-order valence-corrected chi connectivity index (χ4v) is 2.65. The molecule has 0 fully saturated rings. The maximum Gasteiger partial charge on any atom is 0.259 e. The minimum absolute atomic E-state index is 0.106. The third-order valence-electron chi connectivity index (χ3n) is 3.50. The first-order chi connectivity index (χ1) is 9.13. The fourth-order valence-electron chi connectivity index (χ4n) is 2.65. The van der Waals surface area contributed by atoms with E-state index in [1.54, 1.807) is 10.6 Å². The first-order valence-corrected chi connectivity index (χ1v) is 6.28. The molecule has 0 bridgehead atoms. The molecule has 0 spiro atoms. The SMILES string of the molecule is CCn1c(=O)c2cc(=O)ccc2c2cc[nH]c(C)c21. The lowest BCUT2D eigenvalue weighted by atomic mass is 10.1. The van der Waals surface area contributed by atoms with E-state index in [9.17, 15) is 9.59 Å². The lowest BCUT2D eigenvalue weighted by Crippen LogP contribution is -2.21. The molecule has 0 aliphatic carbocycles. The predicted molar refractivity (Wildman–Crippen MR) is 76.7 cm³/mol. The summed E-state index contributed by atoms with van der Waals surface area (Å²) in [4.78, 5) is 27.1. The summed E-state index contributed by atoms with van der Waals surface area (Å²) in [6.45, 7) is 4.45. The van der Waals surface area contributed by atoms with Crippen molar-refractivity contribution in [3.63, 3.8) is 0 Å². The van der Waals surface area contributed by atoms with Crippen LogP contribution in [-0.2, 0) is 6.54 Å². The van der Waals surface area contributed by atoms with Gasteiger partial charge in [-0.25, -0.2) is 0 Å². The fraction of sp³-hybridized carbons (Fsp3) is 0.200. The van der Waals surface area contributed by atoms with E-state index in [1.165, 1.54) is 12.1 Å². The van der Waals surface area contributed by atoms with Crippen molar-refractivity contribution in [2.45, 2.75) is 20.4 Å². The maximum atomic E-state index is 12.5. The zero-order valence-electron chi connectivity index (χ0n) is 10.9. The summed E-state index contributed by atoms with van der Waals surface area (Å²) in [7, 11) is 0. The predicted octanol–water partition coefficient (Wildman–Crippen LogP) is 2.17. The van der Waals surface area contributed by atoms with E-state index in [4.69, 9.17) is 0 Å². The second-order valence-corrected chi connectivity index (χ2v) is 4.62. The molecule has 1 aromatic carbocycles. The average Bonchev–Trinajstić information content (AvgIpc) is 2.40. The van der Waals surface area contributed by atoms with Crippen molar-refractivity contribution in [1.29, 1.82) is 0 Å². The number of benzene rings is 1. The molecule has 2 heterocycles. The van der Waals surface area contributed by atoms with Gasteiger partial charge < -0.3 is 9.55 Å². The number of aromatic amines is 1. The number of nitrogens with zero attached hydrogens (tertiary/aromatic N) is 1. The quantitative estimate of drug-likeness (QED) is 0.677. The molecule has 1 N–H and O–H groups in total. The zero-order chi connectivity index (χ0) is 13.6. The Morgan fingerprint density at radius 1 is 1.11 bits per heavy atom. The number of aromatic nitrogens is 2. The monoisotopic (exact) mass is 254 g/mol. The van der Waals surface area contributed by atoms with Crippen molar-refractivity contribution in [2.75, 3.05) is 0 Å². The molecular formula is C15H14N2O2. The van der Waals surface area contributed by atoms with E-state index in [0.29, 0.717) is 11.9 Å². The Morgan fingerprint density at radius 3 is 2.63 bits per heavy atom.